The molecule has 2 saturated heterocycles. The number of aliphatic hydroxyl groups excluding tert-OH is 2. The topological polar surface area (TPSA) is 115 Å². The van der Waals surface area contributed by atoms with Gasteiger partial charge in [-0.3, -0.25) is 4.68 Å². The van der Waals surface area contributed by atoms with Gasteiger partial charge in [-0.05, 0) is 39.2 Å². The number of halogens is 1. The lowest BCUT2D eigenvalue weighted by molar-refractivity contribution is 0.0612. The van der Waals surface area contributed by atoms with Crippen LogP contribution < -0.4 is 15.1 Å². The van der Waals surface area contributed by atoms with E-state index in [0.29, 0.717) is 30.5 Å². The smallest absolute Gasteiger partial charge is 0.227 e. The van der Waals surface area contributed by atoms with Gasteiger partial charge in [0, 0.05) is 44.1 Å². The van der Waals surface area contributed by atoms with Gasteiger partial charge in [0.05, 0.1) is 29.7 Å². The van der Waals surface area contributed by atoms with Gasteiger partial charge < -0.3 is 25.3 Å². The SMILES string of the molecule is CC(C)n1nc(N2CCC(O)CC2)c2cnc(Nc3ccnc(N4CC[C@H](O)[C@H](F)C4)n3)cc21. The minimum absolute atomic E-state index is 0.0682. The van der Waals surface area contributed by atoms with Crippen LogP contribution in [0.3, 0.4) is 0 Å². The molecule has 0 radical (unpaired) electrons. The average molecular weight is 471 g/mol. The van der Waals surface area contributed by atoms with Crippen molar-refractivity contribution in [1.29, 1.82) is 0 Å². The highest BCUT2D eigenvalue weighted by molar-refractivity contribution is 5.92. The fourth-order valence-electron chi connectivity index (χ4n) is 4.57. The van der Waals surface area contributed by atoms with E-state index in [0.717, 1.165) is 42.7 Å². The molecule has 34 heavy (non-hydrogen) atoms. The first-order valence-corrected chi connectivity index (χ1v) is 11.9. The third-order valence-electron chi connectivity index (χ3n) is 6.51. The molecule has 0 saturated carbocycles. The molecule has 2 aliphatic heterocycles. The highest BCUT2D eigenvalue weighted by Gasteiger charge is 2.29. The molecule has 3 aromatic rings. The van der Waals surface area contributed by atoms with E-state index in [1.165, 1.54) is 0 Å². The third kappa shape index (κ3) is 4.49. The number of nitrogens with zero attached hydrogens (tertiary/aromatic N) is 7. The van der Waals surface area contributed by atoms with Crippen LogP contribution in [-0.4, -0.2) is 79.5 Å². The zero-order chi connectivity index (χ0) is 23.8. The maximum atomic E-state index is 14.0. The molecule has 5 heterocycles. The first kappa shape index (κ1) is 22.7. The van der Waals surface area contributed by atoms with Gasteiger partial charge in [0.15, 0.2) is 5.82 Å². The number of fused-ring (bicyclic) bond motifs is 1. The lowest BCUT2D eigenvalue weighted by atomic mass is 10.1. The second-order valence-electron chi connectivity index (χ2n) is 9.35. The van der Waals surface area contributed by atoms with Crippen LogP contribution in [0.25, 0.3) is 10.9 Å². The van der Waals surface area contributed by atoms with Gasteiger partial charge in [-0.1, -0.05) is 0 Å². The van der Waals surface area contributed by atoms with Crippen LogP contribution in [-0.2, 0) is 0 Å². The van der Waals surface area contributed by atoms with Crippen molar-refractivity contribution < 1.29 is 14.6 Å². The summed E-state index contributed by atoms with van der Waals surface area (Å²) in [5.74, 6) is 2.49. The molecule has 5 rings (SSSR count). The molecule has 0 aromatic carbocycles. The first-order chi connectivity index (χ1) is 16.4. The Hall–Kier alpha value is -3.05. The van der Waals surface area contributed by atoms with E-state index in [2.05, 4.69) is 39.0 Å². The van der Waals surface area contributed by atoms with E-state index in [4.69, 9.17) is 5.10 Å². The van der Waals surface area contributed by atoms with Crippen molar-refractivity contribution in [3.05, 3.63) is 24.5 Å². The first-order valence-electron chi connectivity index (χ1n) is 11.9. The molecule has 0 unspecified atom stereocenters. The van der Waals surface area contributed by atoms with Crippen LogP contribution in [0.1, 0.15) is 39.2 Å². The van der Waals surface area contributed by atoms with Gasteiger partial charge in [0.2, 0.25) is 5.95 Å². The zero-order valence-electron chi connectivity index (χ0n) is 19.5. The number of aliphatic hydroxyl groups is 2. The lowest BCUT2D eigenvalue weighted by Gasteiger charge is -2.32. The Morgan fingerprint density at radius 2 is 1.82 bits per heavy atom. The molecular formula is C23H31FN8O2. The molecule has 0 bridgehead atoms. The second kappa shape index (κ2) is 9.30. The largest absolute Gasteiger partial charge is 0.393 e. The lowest BCUT2D eigenvalue weighted by Crippen LogP contribution is -2.45. The number of aromatic nitrogens is 5. The van der Waals surface area contributed by atoms with E-state index in [9.17, 15) is 14.6 Å². The molecule has 3 N–H and O–H groups in total. The van der Waals surface area contributed by atoms with Crippen molar-refractivity contribution in [3.8, 4) is 0 Å². The summed E-state index contributed by atoms with van der Waals surface area (Å²) < 4.78 is 16.0. The molecule has 2 fully saturated rings. The summed E-state index contributed by atoms with van der Waals surface area (Å²) in [7, 11) is 0. The highest BCUT2D eigenvalue weighted by atomic mass is 19.1. The Balaban J connectivity index is 1.40. The number of anilines is 4. The molecule has 0 spiro atoms. The molecule has 0 aliphatic carbocycles. The summed E-state index contributed by atoms with van der Waals surface area (Å²) in [4.78, 5) is 17.4. The molecule has 10 nitrogen and oxygen atoms in total. The summed E-state index contributed by atoms with van der Waals surface area (Å²) >= 11 is 0. The summed E-state index contributed by atoms with van der Waals surface area (Å²) in [5.41, 5.74) is 0.966. The van der Waals surface area contributed by atoms with E-state index in [-0.39, 0.29) is 18.7 Å². The van der Waals surface area contributed by atoms with Gasteiger partial charge in [-0.2, -0.15) is 10.1 Å². The van der Waals surface area contributed by atoms with Crippen LogP contribution in [0.4, 0.5) is 27.8 Å². The van der Waals surface area contributed by atoms with Crippen LogP contribution in [0.2, 0.25) is 0 Å². The summed E-state index contributed by atoms with van der Waals surface area (Å²) in [6.07, 6.45) is 2.78. The molecule has 2 aliphatic rings. The van der Waals surface area contributed by atoms with E-state index in [1.807, 2.05) is 16.9 Å². The maximum Gasteiger partial charge on any atom is 0.227 e. The number of alkyl halides is 1. The van der Waals surface area contributed by atoms with Gasteiger partial charge in [-0.25, -0.2) is 14.4 Å². The minimum atomic E-state index is -1.31. The predicted molar refractivity (Wildman–Crippen MR) is 128 cm³/mol. The molecule has 182 valence electrons. The minimum Gasteiger partial charge on any atom is -0.393 e. The van der Waals surface area contributed by atoms with Crippen LogP contribution in [0.5, 0.6) is 0 Å². The Labute approximate surface area is 197 Å². The molecule has 11 heteroatoms. The molecule has 2 atom stereocenters. The standard InChI is InChI=1S/C23H31FN8O2/c1-14(2)32-18-11-21(26-12-16(18)22(29-32)30-8-4-15(33)5-9-30)27-20-3-7-25-23(28-20)31-10-6-19(34)17(24)13-31/h3,7,11-12,14-15,17,19,33-34H,4-6,8-10,13H2,1-2H3,(H,25,26,27,28)/t17-,19+/m1/s1. The second-order valence-corrected chi connectivity index (χ2v) is 9.35. The van der Waals surface area contributed by atoms with Crippen LogP contribution in [0.15, 0.2) is 24.5 Å². The zero-order valence-corrected chi connectivity index (χ0v) is 19.5. The van der Waals surface area contributed by atoms with Gasteiger partial charge >= 0.3 is 0 Å². The van der Waals surface area contributed by atoms with Crippen molar-refractivity contribution in [2.75, 3.05) is 41.3 Å². The number of hydrogen-bond donors (Lipinski definition) is 3. The maximum absolute atomic E-state index is 14.0. The van der Waals surface area contributed by atoms with Crippen molar-refractivity contribution in [1.82, 2.24) is 24.7 Å². The number of nitrogens with one attached hydrogen (secondary N) is 1. The van der Waals surface area contributed by atoms with Crippen molar-refractivity contribution in [2.24, 2.45) is 0 Å². The van der Waals surface area contributed by atoms with E-state index in [1.54, 1.807) is 17.2 Å². The van der Waals surface area contributed by atoms with Crippen molar-refractivity contribution in [3.63, 3.8) is 0 Å². The summed E-state index contributed by atoms with van der Waals surface area (Å²) in [6, 6.07) is 3.86. The van der Waals surface area contributed by atoms with Crippen molar-refractivity contribution in [2.45, 2.75) is 57.5 Å². The van der Waals surface area contributed by atoms with Gasteiger partial charge in [0.25, 0.3) is 0 Å². The fourth-order valence-corrected chi connectivity index (χ4v) is 4.57. The predicted octanol–water partition coefficient (Wildman–Crippen LogP) is 2.42. The quantitative estimate of drug-likeness (QED) is 0.517. The Bertz CT molecular complexity index is 1150. The number of rotatable bonds is 5. The van der Waals surface area contributed by atoms with Crippen molar-refractivity contribution >= 4 is 34.3 Å². The Morgan fingerprint density at radius 1 is 1.06 bits per heavy atom. The average Bonchev–Trinajstić information content (AvgIpc) is 3.21. The molecule has 0 amide bonds. The molecular weight excluding hydrogens is 439 g/mol. The van der Waals surface area contributed by atoms with Gasteiger partial charge in [-0.15, -0.1) is 0 Å². The van der Waals surface area contributed by atoms with Crippen LogP contribution >= 0.6 is 0 Å². The number of pyridine rings is 1. The Morgan fingerprint density at radius 3 is 2.56 bits per heavy atom. The van der Waals surface area contributed by atoms with Gasteiger partial charge in [0.1, 0.15) is 17.8 Å². The monoisotopic (exact) mass is 470 g/mol. The fraction of sp³-hybridized carbons (Fsp3) is 0.565. The van der Waals surface area contributed by atoms with E-state index >= 15 is 0 Å². The third-order valence-corrected chi connectivity index (χ3v) is 6.51. The normalized spacial score (nSPS) is 22.1. The number of piperidine rings is 2. The Kier molecular flexibility index (Phi) is 6.22. The number of hydrogen-bond acceptors (Lipinski definition) is 9. The summed E-state index contributed by atoms with van der Waals surface area (Å²) in [6.45, 7) is 6.28. The molecule has 3 aromatic heterocycles. The summed E-state index contributed by atoms with van der Waals surface area (Å²) in [5, 5.41) is 28.6. The van der Waals surface area contributed by atoms with E-state index < -0.39 is 12.3 Å². The van der Waals surface area contributed by atoms with Crippen LogP contribution in [0, 0.1) is 0 Å². The highest BCUT2D eigenvalue weighted by Crippen LogP contribution is 2.31.